The molecule has 1 fully saturated rings. The van der Waals surface area contributed by atoms with Crippen LogP contribution in [-0.2, 0) is 16.7 Å². The number of urea groups is 1. The first-order valence-corrected chi connectivity index (χ1v) is 15.2. The van der Waals surface area contributed by atoms with E-state index in [1.807, 2.05) is 81.4 Å². The van der Waals surface area contributed by atoms with Crippen LogP contribution in [0.3, 0.4) is 0 Å². The Morgan fingerprint density at radius 1 is 0.844 bits per heavy atom. The Morgan fingerprint density at radius 3 is 2.22 bits per heavy atom. The van der Waals surface area contributed by atoms with Crippen molar-refractivity contribution in [1.82, 2.24) is 9.88 Å². The Labute approximate surface area is 264 Å². The predicted octanol–water partition coefficient (Wildman–Crippen LogP) is 8.14. The van der Waals surface area contributed by atoms with Gasteiger partial charge in [0.05, 0.1) is 37.0 Å². The van der Waals surface area contributed by atoms with Crippen LogP contribution in [-0.4, -0.2) is 49.3 Å². The first-order valence-electron chi connectivity index (χ1n) is 15.2. The number of pyridine rings is 1. The number of carbonyl (C=O) groups excluding carboxylic acids is 2. The van der Waals surface area contributed by atoms with Gasteiger partial charge in [0.15, 0.2) is 5.75 Å². The maximum absolute atomic E-state index is 13.4. The summed E-state index contributed by atoms with van der Waals surface area (Å²) in [5, 5.41) is 10.2. The quantitative estimate of drug-likeness (QED) is 0.184. The predicted molar refractivity (Wildman–Crippen MR) is 178 cm³/mol. The molecule has 236 valence electrons. The van der Waals surface area contributed by atoms with E-state index in [1.54, 1.807) is 6.20 Å². The highest BCUT2D eigenvalue weighted by Crippen LogP contribution is 2.39. The number of nitrogens with zero attached hydrogens (tertiary/aromatic N) is 2. The second kappa shape index (κ2) is 13.9. The Balaban J connectivity index is 1.37. The fourth-order valence-electron chi connectivity index (χ4n) is 5.45. The molecule has 3 amide bonds. The number of benzene rings is 3. The molecule has 2 heterocycles. The summed E-state index contributed by atoms with van der Waals surface area (Å²) in [4.78, 5) is 32.4. The number of anilines is 3. The number of amides is 3. The van der Waals surface area contributed by atoms with Crippen LogP contribution in [0.25, 0.3) is 10.8 Å². The van der Waals surface area contributed by atoms with Crippen LogP contribution in [0.5, 0.6) is 17.2 Å². The molecule has 1 aliphatic heterocycles. The summed E-state index contributed by atoms with van der Waals surface area (Å²) in [7, 11) is 2.76. The maximum atomic E-state index is 13.4. The topological polar surface area (TPSA) is 114 Å². The first kappa shape index (κ1) is 31.6. The van der Waals surface area contributed by atoms with Gasteiger partial charge in [0, 0.05) is 29.6 Å². The van der Waals surface area contributed by atoms with Crippen molar-refractivity contribution >= 4 is 40.0 Å². The number of ether oxygens (including phenoxy) is 3. The van der Waals surface area contributed by atoms with Gasteiger partial charge in [-0.1, -0.05) is 51.5 Å². The molecular formula is C35H41N5O5. The monoisotopic (exact) mass is 611 g/mol. The number of likely N-dealkylation sites (tertiary alicyclic amines) is 1. The van der Waals surface area contributed by atoms with E-state index in [9.17, 15) is 9.59 Å². The van der Waals surface area contributed by atoms with Gasteiger partial charge in [0.2, 0.25) is 0 Å². The summed E-state index contributed by atoms with van der Waals surface area (Å²) in [5.74, 6) is 1.68. The molecule has 0 bridgehead atoms. The van der Waals surface area contributed by atoms with Crippen molar-refractivity contribution in [3.05, 3.63) is 78.1 Å². The van der Waals surface area contributed by atoms with Gasteiger partial charge in [-0.05, 0) is 67.2 Å². The van der Waals surface area contributed by atoms with E-state index in [2.05, 4.69) is 25.8 Å². The van der Waals surface area contributed by atoms with Gasteiger partial charge >= 0.3 is 12.1 Å². The third kappa shape index (κ3) is 7.82. The highest BCUT2D eigenvalue weighted by Gasteiger charge is 2.22. The summed E-state index contributed by atoms with van der Waals surface area (Å²) < 4.78 is 16.7. The Kier molecular flexibility index (Phi) is 9.73. The van der Waals surface area contributed by atoms with Gasteiger partial charge in [0.25, 0.3) is 0 Å². The Hall–Kier alpha value is -4.83. The van der Waals surface area contributed by atoms with Crippen molar-refractivity contribution < 1.29 is 23.8 Å². The molecule has 5 rings (SSSR count). The average Bonchev–Trinajstić information content (AvgIpc) is 3.02. The summed E-state index contributed by atoms with van der Waals surface area (Å²) >= 11 is 0. The minimum absolute atomic E-state index is 0.277. The molecule has 10 nitrogen and oxygen atoms in total. The number of carbonyl (C=O) groups is 2. The van der Waals surface area contributed by atoms with Gasteiger partial charge in [-0.2, -0.15) is 0 Å². The van der Waals surface area contributed by atoms with Crippen molar-refractivity contribution in [2.75, 3.05) is 43.3 Å². The number of aromatic nitrogens is 1. The third-order valence-electron chi connectivity index (χ3n) is 7.81. The van der Waals surface area contributed by atoms with Crippen LogP contribution >= 0.6 is 0 Å². The minimum Gasteiger partial charge on any atom is -0.492 e. The molecule has 3 N–H and O–H groups in total. The standard InChI is InChI=1S/C35H41N5O5/c1-35(2,3)23-19-29(32(43-4)30(20-23)39-34(42)44-5)38-33(41)37-28-13-14-31(27-12-8-7-11-26(27)28)45-25-15-16-36-24(21-25)22-40-17-9-6-10-18-40/h7-8,11-16,19-21H,6,9-10,17-18,22H2,1-5H3,(H,39,42)(H2,37,38,41). The lowest BCUT2D eigenvalue weighted by Gasteiger charge is -2.26. The summed E-state index contributed by atoms with van der Waals surface area (Å²) in [6.45, 7) is 9.12. The van der Waals surface area contributed by atoms with Gasteiger partial charge in [-0.25, -0.2) is 9.59 Å². The largest absolute Gasteiger partial charge is 0.492 e. The number of methoxy groups -OCH3 is 2. The highest BCUT2D eigenvalue weighted by molar-refractivity contribution is 6.08. The smallest absolute Gasteiger partial charge is 0.411 e. The lowest BCUT2D eigenvalue weighted by Crippen LogP contribution is -2.29. The molecule has 45 heavy (non-hydrogen) atoms. The minimum atomic E-state index is -0.645. The molecule has 0 radical (unpaired) electrons. The number of rotatable bonds is 8. The molecule has 1 aliphatic rings. The van der Waals surface area contributed by atoms with Crippen LogP contribution in [0.4, 0.5) is 26.7 Å². The first-order chi connectivity index (χ1) is 21.6. The zero-order valence-corrected chi connectivity index (χ0v) is 26.5. The van der Waals surface area contributed by atoms with E-state index in [-0.39, 0.29) is 5.41 Å². The number of hydrogen-bond acceptors (Lipinski definition) is 7. The van der Waals surface area contributed by atoms with Crippen molar-refractivity contribution in [3.8, 4) is 17.2 Å². The van der Waals surface area contributed by atoms with Crippen molar-refractivity contribution in [1.29, 1.82) is 0 Å². The second-order valence-corrected chi connectivity index (χ2v) is 12.1. The molecule has 0 spiro atoms. The molecule has 3 aromatic carbocycles. The van der Waals surface area contributed by atoms with E-state index >= 15 is 0 Å². The van der Waals surface area contributed by atoms with Crippen LogP contribution in [0, 0.1) is 0 Å². The molecule has 0 saturated carbocycles. The van der Waals surface area contributed by atoms with Crippen molar-refractivity contribution in [2.24, 2.45) is 0 Å². The normalized spacial score (nSPS) is 13.6. The van der Waals surface area contributed by atoms with E-state index in [0.29, 0.717) is 34.3 Å². The molecule has 0 unspecified atom stereocenters. The van der Waals surface area contributed by atoms with Crippen LogP contribution < -0.4 is 25.4 Å². The van der Waals surface area contributed by atoms with Gasteiger partial charge < -0.3 is 24.8 Å². The maximum Gasteiger partial charge on any atom is 0.411 e. The van der Waals surface area contributed by atoms with Crippen LogP contribution in [0.1, 0.15) is 51.3 Å². The van der Waals surface area contributed by atoms with E-state index in [4.69, 9.17) is 14.2 Å². The molecule has 10 heteroatoms. The van der Waals surface area contributed by atoms with Crippen LogP contribution in [0.15, 0.2) is 66.9 Å². The number of fused-ring (bicyclic) bond motifs is 1. The Morgan fingerprint density at radius 2 is 1.53 bits per heavy atom. The van der Waals surface area contributed by atoms with Crippen LogP contribution in [0.2, 0.25) is 0 Å². The Bertz CT molecular complexity index is 1680. The fourth-order valence-corrected chi connectivity index (χ4v) is 5.45. The summed E-state index contributed by atoms with van der Waals surface area (Å²) in [6.07, 6.45) is 4.89. The fraction of sp³-hybridized carbons (Fsp3) is 0.343. The SMILES string of the molecule is COC(=O)Nc1cc(C(C)(C)C)cc(NC(=O)Nc2ccc(Oc3ccnc(CN4CCCCC4)c3)c3ccccc23)c1OC. The lowest BCUT2D eigenvalue weighted by molar-refractivity contribution is 0.187. The zero-order chi connectivity index (χ0) is 32.0. The van der Waals surface area contributed by atoms with Gasteiger partial charge in [-0.3, -0.25) is 15.2 Å². The summed E-state index contributed by atoms with van der Waals surface area (Å²) in [6, 6.07) is 18.4. The average molecular weight is 612 g/mol. The highest BCUT2D eigenvalue weighted by atomic mass is 16.5. The summed E-state index contributed by atoms with van der Waals surface area (Å²) in [5.41, 5.74) is 2.97. The van der Waals surface area contributed by atoms with Gasteiger partial charge in [0.1, 0.15) is 11.5 Å². The van der Waals surface area contributed by atoms with Crippen molar-refractivity contribution in [3.63, 3.8) is 0 Å². The lowest BCUT2D eigenvalue weighted by atomic mass is 9.86. The number of nitrogens with one attached hydrogen (secondary N) is 3. The zero-order valence-electron chi connectivity index (χ0n) is 26.5. The molecule has 0 atom stereocenters. The van der Waals surface area contributed by atoms with Gasteiger partial charge in [-0.15, -0.1) is 0 Å². The molecule has 0 aliphatic carbocycles. The third-order valence-corrected chi connectivity index (χ3v) is 7.81. The number of piperidine rings is 1. The molecular weight excluding hydrogens is 570 g/mol. The van der Waals surface area contributed by atoms with Crippen molar-refractivity contribution in [2.45, 2.75) is 52.0 Å². The van der Waals surface area contributed by atoms with E-state index in [0.717, 1.165) is 41.7 Å². The number of hydrogen-bond donors (Lipinski definition) is 3. The molecule has 1 saturated heterocycles. The second-order valence-electron chi connectivity index (χ2n) is 12.1. The van der Waals surface area contributed by atoms with E-state index < -0.39 is 12.1 Å². The molecule has 1 aromatic heterocycles. The molecule has 4 aromatic rings. The van der Waals surface area contributed by atoms with E-state index in [1.165, 1.54) is 33.5 Å².